The Morgan fingerprint density at radius 3 is 2.57 bits per heavy atom. The number of nitrogens with zero attached hydrogens (tertiary/aromatic N) is 2. The predicted molar refractivity (Wildman–Crippen MR) is 76.2 cm³/mol. The molecule has 0 atom stereocenters. The van der Waals surface area contributed by atoms with Crippen molar-refractivity contribution in [2.45, 2.75) is 26.9 Å². The maximum Gasteiger partial charge on any atom is 0.190 e. The van der Waals surface area contributed by atoms with Gasteiger partial charge in [-0.25, -0.2) is 13.8 Å². The van der Waals surface area contributed by atoms with Crippen LogP contribution in [-0.4, -0.2) is 22.7 Å². The Morgan fingerprint density at radius 2 is 2.00 bits per heavy atom. The lowest BCUT2D eigenvalue weighted by atomic mass is 10.2. The van der Waals surface area contributed by atoms with Crippen LogP contribution in [-0.2, 0) is 13.1 Å². The number of hydrogen-bond acceptors (Lipinski definition) is 3. The molecule has 0 aliphatic carbocycles. The average Bonchev–Trinajstić information content (AvgIpc) is 2.85. The highest BCUT2D eigenvalue weighted by Gasteiger charge is 2.12. The summed E-state index contributed by atoms with van der Waals surface area (Å²) in [5.74, 6) is -0.843. The third kappa shape index (κ3) is 4.01. The second kappa shape index (κ2) is 7.17. The van der Waals surface area contributed by atoms with Crippen molar-refractivity contribution in [1.29, 1.82) is 0 Å². The van der Waals surface area contributed by atoms with Gasteiger partial charge >= 0.3 is 0 Å². The number of halogens is 2. The first-order chi connectivity index (χ1) is 10.1. The third-order valence-corrected chi connectivity index (χ3v) is 3.14. The summed E-state index contributed by atoms with van der Waals surface area (Å²) in [6.45, 7) is 5.63. The topological polar surface area (TPSA) is 39.1 Å². The minimum absolute atomic E-state index is 0.178. The van der Waals surface area contributed by atoms with E-state index < -0.39 is 11.6 Å². The van der Waals surface area contributed by atoms with Crippen LogP contribution in [0.3, 0.4) is 0 Å². The van der Waals surface area contributed by atoms with Crippen molar-refractivity contribution in [2.75, 3.05) is 13.2 Å². The minimum atomic E-state index is -0.676. The fourth-order valence-electron chi connectivity index (χ4n) is 2.01. The van der Waals surface area contributed by atoms with E-state index >= 15 is 0 Å². The van der Waals surface area contributed by atoms with E-state index in [2.05, 4.69) is 10.3 Å². The Morgan fingerprint density at radius 1 is 1.29 bits per heavy atom. The molecule has 0 aliphatic rings. The van der Waals surface area contributed by atoms with Crippen molar-refractivity contribution < 1.29 is 13.5 Å². The summed E-state index contributed by atoms with van der Waals surface area (Å²) in [7, 11) is 0. The fourth-order valence-corrected chi connectivity index (χ4v) is 2.01. The second-order valence-corrected chi connectivity index (χ2v) is 4.69. The molecule has 114 valence electrons. The maximum absolute atomic E-state index is 13.9. The molecule has 0 spiro atoms. The van der Waals surface area contributed by atoms with E-state index in [1.165, 1.54) is 12.1 Å². The Labute approximate surface area is 122 Å². The van der Waals surface area contributed by atoms with Crippen LogP contribution in [0.5, 0.6) is 5.75 Å². The van der Waals surface area contributed by atoms with Gasteiger partial charge in [-0.15, -0.1) is 0 Å². The number of ether oxygens (including phenoxy) is 1. The molecule has 21 heavy (non-hydrogen) atoms. The summed E-state index contributed by atoms with van der Waals surface area (Å²) >= 11 is 0. The molecular formula is C15H19F2N3O. The van der Waals surface area contributed by atoms with Gasteiger partial charge in [-0.3, -0.25) is 0 Å². The molecule has 0 radical (unpaired) electrons. The molecule has 0 fully saturated rings. The van der Waals surface area contributed by atoms with E-state index in [-0.39, 0.29) is 12.4 Å². The largest absolute Gasteiger partial charge is 0.486 e. The smallest absolute Gasteiger partial charge is 0.190 e. The number of rotatable bonds is 7. The zero-order valence-electron chi connectivity index (χ0n) is 12.2. The highest BCUT2D eigenvalue weighted by atomic mass is 19.1. The highest BCUT2D eigenvalue weighted by Crippen LogP contribution is 2.23. The zero-order valence-corrected chi connectivity index (χ0v) is 12.2. The SMILES string of the molecule is CCNCc1cc(F)c(OCCn2ccnc2C)c(F)c1. The minimum Gasteiger partial charge on any atom is -0.486 e. The van der Waals surface area contributed by atoms with E-state index in [0.717, 1.165) is 12.4 Å². The van der Waals surface area contributed by atoms with Gasteiger partial charge in [0.1, 0.15) is 12.4 Å². The third-order valence-electron chi connectivity index (χ3n) is 3.14. The van der Waals surface area contributed by atoms with Gasteiger partial charge in [-0.05, 0) is 31.2 Å². The molecule has 4 nitrogen and oxygen atoms in total. The van der Waals surface area contributed by atoms with Gasteiger partial charge in [0, 0.05) is 18.9 Å². The lowest BCUT2D eigenvalue weighted by Crippen LogP contribution is -2.13. The van der Waals surface area contributed by atoms with Gasteiger partial charge in [0.25, 0.3) is 0 Å². The molecule has 2 rings (SSSR count). The van der Waals surface area contributed by atoms with Crippen molar-refractivity contribution in [3.05, 3.63) is 47.5 Å². The first-order valence-electron chi connectivity index (χ1n) is 6.91. The van der Waals surface area contributed by atoms with Crippen LogP contribution in [0.2, 0.25) is 0 Å². The van der Waals surface area contributed by atoms with Gasteiger partial charge in [-0.1, -0.05) is 6.92 Å². The van der Waals surface area contributed by atoms with Crippen molar-refractivity contribution in [2.24, 2.45) is 0 Å². The van der Waals surface area contributed by atoms with Gasteiger partial charge in [0.05, 0.1) is 6.54 Å². The van der Waals surface area contributed by atoms with E-state index in [4.69, 9.17) is 4.74 Å². The van der Waals surface area contributed by atoms with E-state index in [0.29, 0.717) is 18.7 Å². The Bertz CT molecular complexity index is 575. The number of hydrogen-bond donors (Lipinski definition) is 1. The standard InChI is InChI=1S/C15H19F2N3O/c1-3-18-10-12-8-13(16)15(14(17)9-12)21-7-6-20-5-4-19-11(20)2/h4-5,8-9,18H,3,6-7,10H2,1-2H3. The molecule has 1 aromatic heterocycles. The monoisotopic (exact) mass is 295 g/mol. The summed E-state index contributed by atoms with van der Waals surface area (Å²) in [5.41, 5.74) is 0.560. The maximum atomic E-state index is 13.9. The van der Waals surface area contributed by atoms with E-state index in [1.54, 1.807) is 12.4 Å². The lowest BCUT2D eigenvalue weighted by molar-refractivity contribution is 0.268. The normalized spacial score (nSPS) is 10.9. The quantitative estimate of drug-likeness (QED) is 0.853. The summed E-state index contributed by atoms with van der Waals surface area (Å²) < 4.78 is 34.8. The average molecular weight is 295 g/mol. The molecule has 2 aromatic rings. The molecule has 1 heterocycles. The number of imidazole rings is 1. The molecule has 0 bridgehead atoms. The van der Waals surface area contributed by atoms with Crippen molar-refractivity contribution >= 4 is 0 Å². The number of benzene rings is 1. The van der Waals surface area contributed by atoms with Crippen LogP contribution < -0.4 is 10.1 Å². The summed E-state index contributed by atoms with van der Waals surface area (Å²) in [5, 5.41) is 3.02. The van der Waals surface area contributed by atoms with Crippen LogP contribution in [0.4, 0.5) is 8.78 Å². The van der Waals surface area contributed by atoms with Gasteiger partial charge in [0.15, 0.2) is 17.4 Å². The first kappa shape index (κ1) is 15.4. The molecule has 0 saturated heterocycles. The van der Waals surface area contributed by atoms with Crippen LogP contribution in [0.1, 0.15) is 18.3 Å². The van der Waals surface area contributed by atoms with Crippen LogP contribution in [0.25, 0.3) is 0 Å². The van der Waals surface area contributed by atoms with Crippen molar-refractivity contribution in [3.8, 4) is 5.75 Å². The number of nitrogens with one attached hydrogen (secondary N) is 1. The van der Waals surface area contributed by atoms with Gasteiger partial charge in [-0.2, -0.15) is 0 Å². The Balaban J connectivity index is 1.98. The summed E-state index contributed by atoms with van der Waals surface area (Å²) in [6, 6.07) is 2.59. The van der Waals surface area contributed by atoms with Gasteiger partial charge in [0.2, 0.25) is 0 Å². The zero-order chi connectivity index (χ0) is 15.2. The van der Waals surface area contributed by atoms with Crippen LogP contribution >= 0.6 is 0 Å². The molecule has 0 saturated carbocycles. The highest BCUT2D eigenvalue weighted by molar-refractivity contribution is 5.31. The Hall–Kier alpha value is -1.95. The van der Waals surface area contributed by atoms with Gasteiger partial charge < -0.3 is 14.6 Å². The first-order valence-corrected chi connectivity index (χ1v) is 6.91. The molecule has 1 N–H and O–H groups in total. The number of aromatic nitrogens is 2. The predicted octanol–water partition coefficient (Wildman–Crippen LogP) is 2.66. The van der Waals surface area contributed by atoms with Crippen molar-refractivity contribution in [3.63, 3.8) is 0 Å². The molecule has 6 heteroatoms. The van der Waals surface area contributed by atoms with E-state index in [9.17, 15) is 8.78 Å². The van der Waals surface area contributed by atoms with Crippen molar-refractivity contribution in [1.82, 2.24) is 14.9 Å². The molecule has 1 aromatic carbocycles. The second-order valence-electron chi connectivity index (χ2n) is 4.69. The van der Waals surface area contributed by atoms with E-state index in [1.807, 2.05) is 18.4 Å². The van der Waals surface area contributed by atoms with Crippen LogP contribution in [0, 0.1) is 18.6 Å². The summed E-state index contributed by atoms with van der Waals surface area (Å²) in [6.07, 6.45) is 3.47. The molecular weight excluding hydrogens is 276 g/mol. The molecule has 0 unspecified atom stereocenters. The molecule has 0 amide bonds. The fraction of sp³-hybridized carbons (Fsp3) is 0.400. The lowest BCUT2D eigenvalue weighted by Gasteiger charge is -2.11. The summed E-state index contributed by atoms with van der Waals surface area (Å²) in [4.78, 5) is 4.07. The molecule has 0 aliphatic heterocycles. The Kier molecular flexibility index (Phi) is 5.27. The van der Waals surface area contributed by atoms with Crippen LogP contribution in [0.15, 0.2) is 24.5 Å². The number of aryl methyl sites for hydroxylation is 1.